The molecule has 4 nitrogen and oxygen atoms in total. The highest BCUT2D eigenvalue weighted by atomic mass is 32.2. The van der Waals surface area contributed by atoms with Crippen molar-refractivity contribution >= 4 is 23.4 Å². The van der Waals surface area contributed by atoms with E-state index in [4.69, 9.17) is 0 Å². The minimum atomic E-state index is -2.45. The number of aliphatic hydroxyl groups excluding tert-OH is 1. The fourth-order valence-electron chi connectivity index (χ4n) is 1.65. The van der Waals surface area contributed by atoms with Gasteiger partial charge in [-0.3, -0.25) is 9.69 Å². The van der Waals surface area contributed by atoms with Crippen molar-refractivity contribution < 1.29 is 18.7 Å². The van der Waals surface area contributed by atoms with E-state index in [-0.39, 0.29) is 12.5 Å². The third kappa shape index (κ3) is 7.99. The number of likely N-dealkylation sites (N-methyl/N-ethyl adjacent to an activating group) is 1. The molecule has 21 heavy (non-hydrogen) atoms. The molecule has 0 aromatic heterocycles. The average Bonchev–Trinajstić information content (AvgIpc) is 2.38. The Hall–Kier alpha value is -1.18. The number of hydrogen-bond acceptors (Lipinski definition) is 4. The second-order valence-electron chi connectivity index (χ2n) is 4.83. The van der Waals surface area contributed by atoms with E-state index in [1.54, 1.807) is 38.2 Å². The van der Waals surface area contributed by atoms with Crippen LogP contribution < -0.4 is 5.32 Å². The van der Waals surface area contributed by atoms with Gasteiger partial charge in [0.1, 0.15) is 0 Å². The molecule has 1 atom stereocenters. The van der Waals surface area contributed by atoms with Crippen molar-refractivity contribution in [3.8, 4) is 0 Å². The van der Waals surface area contributed by atoms with Crippen molar-refractivity contribution in [2.24, 2.45) is 0 Å². The lowest BCUT2D eigenvalue weighted by molar-refractivity contribution is -0.117. The molecular formula is C14H20F2N2O2S. The van der Waals surface area contributed by atoms with Crippen LogP contribution >= 0.6 is 11.8 Å². The summed E-state index contributed by atoms with van der Waals surface area (Å²) in [7, 11) is 1.80. The summed E-state index contributed by atoms with van der Waals surface area (Å²) >= 11 is 0.468. The Morgan fingerprint density at radius 2 is 2.00 bits per heavy atom. The average molecular weight is 318 g/mol. The maximum atomic E-state index is 12.2. The molecule has 0 radical (unpaired) electrons. The van der Waals surface area contributed by atoms with Crippen molar-refractivity contribution in [2.45, 2.75) is 30.1 Å². The molecule has 0 saturated carbocycles. The van der Waals surface area contributed by atoms with Crippen LogP contribution in [0.15, 0.2) is 29.2 Å². The number of nitrogens with one attached hydrogen (secondary N) is 1. The van der Waals surface area contributed by atoms with Gasteiger partial charge in [0.05, 0.1) is 12.6 Å². The second-order valence-corrected chi connectivity index (χ2v) is 5.89. The molecule has 0 aliphatic heterocycles. The fraction of sp³-hybridized carbons (Fsp3) is 0.500. The molecule has 0 spiro atoms. The molecule has 0 fully saturated rings. The predicted octanol–water partition coefficient (Wildman–Crippen LogP) is 2.64. The predicted molar refractivity (Wildman–Crippen MR) is 80.7 cm³/mol. The molecule has 7 heteroatoms. The van der Waals surface area contributed by atoms with Crippen LogP contribution in [0.2, 0.25) is 0 Å². The van der Waals surface area contributed by atoms with Gasteiger partial charge in [0.15, 0.2) is 0 Å². The van der Waals surface area contributed by atoms with Crippen LogP contribution in [-0.4, -0.2) is 47.9 Å². The van der Waals surface area contributed by atoms with Gasteiger partial charge >= 0.3 is 0 Å². The molecule has 0 bridgehead atoms. The second kappa shape index (κ2) is 8.96. The highest BCUT2D eigenvalue weighted by molar-refractivity contribution is 7.99. The number of aliphatic hydroxyl groups is 1. The third-order valence-electron chi connectivity index (χ3n) is 2.71. The standard InChI is InChI=1S/C14H20F2N2O2S/c1-10(19)7-8-18(2)9-13(20)17-11-3-5-12(6-4-11)21-14(15)16/h3-6,10,14,19H,7-9H2,1-2H3,(H,17,20). The highest BCUT2D eigenvalue weighted by Crippen LogP contribution is 2.26. The van der Waals surface area contributed by atoms with Gasteiger partial charge in [-0.15, -0.1) is 0 Å². The third-order valence-corrected chi connectivity index (χ3v) is 3.43. The molecule has 0 saturated heterocycles. The van der Waals surface area contributed by atoms with Gasteiger partial charge in [-0.2, -0.15) is 8.78 Å². The molecule has 1 aromatic rings. The van der Waals surface area contributed by atoms with Crippen molar-refractivity contribution in [3.05, 3.63) is 24.3 Å². The van der Waals surface area contributed by atoms with E-state index in [0.717, 1.165) is 0 Å². The molecule has 1 rings (SSSR count). The van der Waals surface area contributed by atoms with Gasteiger partial charge in [-0.25, -0.2) is 0 Å². The van der Waals surface area contributed by atoms with Crippen molar-refractivity contribution in [1.29, 1.82) is 0 Å². The molecule has 1 amide bonds. The summed E-state index contributed by atoms with van der Waals surface area (Å²) in [5.41, 5.74) is 0.572. The molecule has 0 aliphatic carbocycles. The lowest BCUT2D eigenvalue weighted by atomic mass is 10.2. The van der Waals surface area contributed by atoms with Crippen LogP contribution in [0.1, 0.15) is 13.3 Å². The van der Waals surface area contributed by atoms with E-state index in [9.17, 15) is 18.7 Å². The summed E-state index contributed by atoms with van der Waals surface area (Å²) in [6, 6.07) is 6.28. The topological polar surface area (TPSA) is 52.6 Å². The summed E-state index contributed by atoms with van der Waals surface area (Å²) in [6.45, 7) is 2.53. The zero-order chi connectivity index (χ0) is 15.8. The first-order valence-corrected chi connectivity index (χ1v) is 7.46. The maximum Gasteiger partial charge on any atom is 0.288 e. The Kier molecular flexibility index (Phi) is 7.63. The van der Waals surface area contributed by atoms with Gasteiger partial charge in [0.2, 0.25) is 5.91 Å². The first kappa shape index (κ1) is 17.9. The smallest absolute Gasteiger partial charge is 0.288 e. The number of halogens is 2. The zero-order valence-electron chi connectivity index (χ0n) is 12.1. The monoisotopic (exact) mass is 318 g/mol. The molecule has 118 valence electrons. The van der Waals surface area contributed by atoms with Gasteiger partial charge in [0, 0.05) is 17.1 Å². The Bertz CT molecular complexity index is 441. The first-order valence-electron chi connectivity index (χ1n) is 6.58. The van der Waals surface area contributed by atoms with Gasteiger partial charge in [-0.05, 0) is 44.7 Å². The Morgan fingerprint density at radius 3 is 2.52 bits per heavy atom. The number of carbonyl (C=O) groups is 1. The largest absolute Gasteiger partial charge is 0.393 e. The first-order chi connectivity index (χ1) is 9.86. The number of amides is 1. The maximum absolute atomic E-state index is 12.2. The van der Waals surface area contributed by atoms with Crippen molar-refractivity contribution in [2.75, 3.05) is 25.5 Å². The minimum absolute atomic E-state index is 0.183. The van der Waals surface area contributed by atoms with E-state index in [1.807, 2.05) is 4.90 Å². The molecule has 1 unspecified atom stereocenters. The van der Waals surface area contributed by atoms with Crippen LogP contribution in [0.5, 0.6) is 0 Å². The number of anilines is 1. The van der Waals surface area contributed by atoms with E-state index < -0.39 is 11.9 Å². The Balaban J connectivity index is 2.40. The lowest BCUT2D eigenvalue weighted by Gasteiger charge is -2.17. The Morgan fingerprint density at radius 1 is 1.38 bits per heavy atom. The summed E-state index contributed by atoms with van der Waals surface area (Å²) in [6.07, 6.45) is 0.207. The molecule has 0 heterocycles. The summed E-state index contributed by atoms with van der Waals surface area (Å²) in [5.74, 6) is -2.63. The Labute approximate surface area is 127 Å². The van der Waals surface area contributed by atoms with Gasteiger partial charge < -0.3 is 10.4 Å². The quantitative estimate of drug-likeness (QED) is 0.724. The van der Waals surface area contributed by atoms with E-state index >= 15 is 0 Å². The summed E-state index contributed by atoms with van der Waals surface area (Å²) in [5, 5.41) is 11.9. The van der Waals surface area contributed by atoms with Crippen LogP contribution in [0, 0.1) is 0 Å². The van der Waals surface area contributed by atoms with E-state index in [1.165, 1.54) is 0 Å². The molecular weight excluding hydrogens is 298 g/mol. The zero-order valence-corrected chi connectivity index (χ0v) is 12.9. The normalized spacial score (nSPS) is 12.7. The number of hydrogen-bond donors (Lipinski definition) is 2. The summed E-state index contributed by atoms with van der Waals surface area (Å²) < 4.78 is 24.3. The van der Waals surface area contributed by atoms with Crippen LogP contribution in [0.3, 0.4) is 0 Å². The number of carbonyl (C=O) groups excluding carboxylic acids is 1. The number of thioether (sulfide) groups is 1. The van der Waals surface area contributed by atoms with Crippen molar-refractivity contribution in [3.63, 3.8) is 0 Å². The van der Waals surface area contributed by atoms with Gasteiger partial charge in [0.25, 0.3) is 5.76 Å². The minimum Gasteiger partial charge on any atom is -0.393 e. The molecule has 2 N–H and O–H groups in total. The van der Waals surface area contributed by atoms with E-state index in [0.29, 0.717) is 35.3 Å². The fourth-order valence-corrected chi connectivity index (χ4v) is 2.15. The number of alkyl halides is 2. The van der Waals surface area contributed by atoms with Crippen LogP contribution in [0.25, 0.3) is 0 Å². The number of benzene rings is 1. The lowest BCUT2D eigenvalue weighted by Crippen LogP contribution is -2.32. The number of rotatable bonds is 8. The van der Waals surface area contributed by atoms with Crippen LogP contribution in [0.4, 0.5) is 14.5 Å². The van der Waals surface area contributed by atoms with E-state index in [2.05, 4.69) is 5.32 Å². The highest BCUT2D eigenvalue weighted by Gasteiger charge is 2.09. The summed E-state index contributed by atoms with van der Waals surface area (Å²) in [4.78, 5) is 14.1. The number of nitrogens with zero attached hydrogens (tertiary/aromatic N) is 1. The molecule has 0 aliphatic rings. The van der Waals surface area contributed by atoms with Crippen molar-refractivity contribution in [1.82, 2.24) is 4.90 Å². The van der Waals surface area contributed by atoms with Gasteiger partial charge in [-0.1, -0.05) is 11.8 Å². The SMILES string of the molecule is CC(O)CCN(C)CC(=O)Nc1ccc(SC(F)F)cc1. The van der Waals surface area contributed by atoms with Crippen LogP contribution in [-0.2, 0) is 4.79 Å². The molecule has 1 aromatic carbocycles.